The van der Waals surface area contributed by atoms with Crippen LogP contribution in [0.3, 0.4) is 0 Å². The third kappa shape index (κ3) is 3.26. The summed E-state index contributed by atoms with van der Waals surface area (Å²) in [6, 6.07) is 0.439. The van der Waals surface area contributed by atoms with E-state index in [1.54, 1.807) is 0 Å². The maximum Gasteiger partial charge on any atom is 0.0484 e. The van der Waals surface area contributed by atoms with Crippen molar-refractivity contribution in [3.63, 3.8) is 0 Å². The van der Waals surface area contributed by atoms with Gasteiger partial charge in [0.2, 0.25) is 0 Å². The summed E-state index contributed by atoms with van der Waals surface area (Å²) in [5.41, 5.74) is 6.44. The second-order valence-electron chi connectivity index (χ2n) is 3.07. The lowest BCUT2D eigenvalue weighted by atomic mass is 10.0. The van der Waals surface area contributed by atoms with Crippen LogP contribution in [-0.2, 0) is 0 Å². The highest BCUT2D eigenvalue weighted by Gasteiger charge is 2.19. The first-order valence-corrected chi connectivity index (χ1v) is 4.86. The van der Waals surface area contributed by atoms with Crippen molar-refractivity contribution in [3.8, 4) is 0 Å². The van der Waals surface area contributed by atoms with E-state index in [1.807, 2.05) is 13.8 Å². The molecule has 0 aromatic heterocycles. The van der Waals surface area contributed by atoms with E-state index in [0.29, 0.717) is 6.04 Å². The zero-order valence-electron chi connectivity index (χ0n) is 8.64. The second kappa shape index (κ2) is 6.06. The van der Waals surface area contributed by atoms with Gasteiger partial charge < -0.3 is 5.73 Å². The maximum absolute atomic E-state index is 5.62. The number of hydrogen-bond donors (Lipinski definition) is 1. The fraction of sp³-hybridized carbons (Fsp3) is 0.800. The van der Waals surface area contributed by atoms with Crippen LogP contribution in [0.4, 0.5) is 0 Å². The first-order valence-electron chi connectivity index (χ1n) is 4.86. The average molecular weight is 172 g/mol. The van der Waals surface area contributed by atoms with E-state index in [1.165, 1.54) is 25.8 Å². The van der Waals surface area contributed by atoms with E-state index in [9.17, 15) is 0 Å². The van der Waals surface area contributed by atoms with Crippen molar-refractivity contribution in [3.05, 3.63) is 12.3 Å². The molecule has 0 radical (unpaired) electrons. The smallest absolute Gasteiger partial charge is 0.0484 e. The summed E-state index contributed by atoms with van der Waals surface area (Å²) in [6.45, 7) is 8.93. The lowest BCUT2D eigenvalue weighted by Crippen LogP contribution is -2.39. The number of likely N-dealkylation sites (tertiary alicyclic amines) is 1. The molecule has 2 heteroatoms. The molecule has 1 saturated heterocycles. The standard InChI is InChI=1S/C8H16N2.C2H6.H2/c1-7(9)8-5-3-4-6-10(8)2;1-2;/h8H,1,3-6,9H2,2H3;1-2H3;1H. The highest BCUT2D eigenvalue weighted by molar-refractivity contribution is 5.01. The van der Waals surface area contributed by atoms with Gasteiger partial charge in [-0.15, -0.1) is 0 Å². The molecule has 1 atom stereocenters. The van der Waals surface area contributed by atoms with Crippen LogP contribution in [0.25, 0.3) is 0 Å². The Morgan fingerprint density at radius 2 is 2.08 bits per heavy atom. The topological polar surface area (TPSA) is 29.3 Å². The van der Waals surface area contributed by atoms with E-state index in [0.717, 1.165) is 5.70 Å². The summed E-state index contributed by atoms with van der Waals surface area (Å²) < 4.78 is 0. The molecule has 1 aliphatic rings. The molecule has 0 amide bonds. The quantitative estimate of drug-likeness (QED) is 0.657. The first-order chi connectivity index (χ1) is 5.72. The van der Waals surface area contributed by atoms with Gasteiger partial charge in [-0.05, 0) is 26.4 Å². The summed E-state index contributed by atoms with van der Waals surface area (Å²) in [5.74, 6) is 0. The van der Waals surface area contributed by atoms with Crippen molar-refractivity contribution in [1.29, 1.82) is 0 Å². The minimum absolute atomic E-state index is 0. The van der Waals surface area contributed by atoms with Gasteiger partial charge in [-0.2, -0.15) is 0 Å². The zero-order chi connectivity index (χ0) is 9.56. The van der Waals surface area contributed by atoms with Crippen LogP contribution >= 0.6 is 0 Å². The Kier molecular flexibility index (Phi) is 5.81. The fourth-order valence-electron chi connectivity index (χ4n) is 1.54. The molecule has 2 nitrogen and oxygen atoms in total. The lowest BCUT2D eigenvalue weighted by molar-refractivity contribution is 0.212. The number of hydrogen-bond acceptors (Lipinski definition) is 2. The average Bonchev–Trinajstić information content (AvgIpc) is 2.08. The van der Waals surface area contributed by atoms with Gasteiger partial charge in [-0.1, -0.05) is 26.8 Å². The van der Waals surface area contributed by atoms with E-state index in [-0.39, 0.29) is 1.43 Å². The van der Waals surface area contributed by atoms with Crippen molar-refractivity contribution in [2.45, 2.75) is 39.2 Å². The highest BCUT2D eigenvalue weighted by atomic mass is 15.1. The van der Waals surface area contributed by atoms with Crippen LogP contribution in [0, 0.1) is 0 Å². The second-order valence-corrected chi connectivity index (χ2v) is 3.07. The van der Waals surface area contributed by atoms with Gasteiger partial charge in [0.25, 0.3) is 0 Å². The van der Waals surface area contributed by atoms with Crippen molar-refractivity contribution >= 4 is 0 Å². The zero-order valence-corrected chi connectivity index (χ0v) is 8.64. The Hall–Kier alpha value is -0.500. The molecule has 0 aliphatic carbocycles. The predicted octanol–water partition coefficient (Wildman–Crippen LogP) is 2.22. The number of likely N-dealkylation sites (N-methyl/N-ethyl adjacent to an activating group) is 1. The Morgan fingerprint density at radius 3 is 2.42 bits per heavy atom. The molecule has 2 N–H and O–H groups in total. The van der Waals surface area contributed by atoms with E-state index in [4.69, 9.17) is 5.73 Å². The molecule has 12 heavy (non-hydrogen) atoms. The predicted molar refractivity (Wildman–Crippen MR) is 57.1 cm³/mol. The minimum Gasteiger partial charge on any atom is -0.401 e. The lowest BCUT2D eigenvalue weighted by Gasteiger charge is -2.32. The van der Waals surface area contributed by atoms with Crippen LogP contribution in [0.5, 0.6) is 0 Å². The normalized spacial score (nSPS) is 24.1. The molecule has 0 aromatic carbocycles. The van der Waals surface area contributed by atoms with Crippen LogP contribution in [0.1, 0.15) is 34.5 Å². The monoisotopic (exact) mass is 172 g/mol. The Labute approximate surface area is 77.9 Å². The van der Waals surface area contributed by atoms with Crippen molar-refractivity contribution in [1.82, 2.24) is 4.90 Å². The largest absolute Gasteiger partial charge is 0.401 e. The van der Waals surface area contributed by atoms with E-state index >= 15 is 0 Å². The molecule has 0 spiro atoms. The van der Waals surface area contributed by atoms with Gasteiger partial charge in [0.15, 0.2) is 0 Å². The molecule has 1 rings (SSSR count). The molecular formula is C10H24N2. The van der Waals surface area contributed by atoms with E-state index in [2.05, 4.69) is 18.5 Å². The Morgan fingerprint density at radius 1 is 1.50 bits per heavy atom. The molecule has 1 unspecified atom stereocenters. The first kappa shape index (κ1) is 11.5. The highest BCUT2D eigenvalue weighted by Crippen LogP contribution is 2.17. The van der Waals surface area contributed by atoms with Crippen molar-refractivity contribution in [2.75, 3.05) is 13.6 Å². The summed E-state index contributed by atoms with van der Waals surface area (Å²) in [7, 11) is 2.11. The third-order valence-corrected chi connectivity index (χ3v) is 2.20. The van der Waals surface area contributed by atoms with Crippen molar-refractivity contribution in [2.24, 2.45) is 5.73 Å². The fourth-order valence-corrected chi connectivity index (χ4v) is 1.54. The SMILES string of the molecule is C=C(N)C1CCCCN1C.CC.[HH]. The van der Waals surface area contributed by atoms with Crippen LogP contribution in [0.15, 0.2) is 12.3 Å². The molecule has 74 valence electrons. The van der Waals surface area contributed by atoms with Gasteiger partial charge in [0.1, 0.15) is 0 Å². The van der Waals surface area contributed by atoms with Gasteiger partial charge in [0.05, 0.1) is 0 Å². The maximum atomic E-state index is 5.62. The summed E-state index contributed by atoms with van der Waals surface area (Å²) in [6.07, 6.45) is 3.79. The third-order valence-electron chi connectivity index (χ3n) is 2.20. The summed E-state index contributed by atoms with van der Waals surface area (Å²) in [4.78, 5) is 2.28. The molecule has 0 bridgehead atoms. The molecular weight excluding hydrogens is 148 g/mol. The number of rotatable bonds is 1. The minimum atomic E-state index is 0. The molecule has 1 heterocycles. The van der Waals surface area contributed by atoms with Gasteiger partial charge in [0, 0.05) is 13.2 Å². The van der Waals surface area contributed by atoms with Crippen LogP contribution in [0.2, 0.25) is 0 Å². The van der Waals surface area contributed by atoms with Gasteiger partial charge in [-0.3, -0.25) is 4.90 Å². The van der Waals surface area contributed by atoms with Gasteiger partial charge >= 0.3 is 0 Å². The summed E-state index contributed by atoms with van der Waals surface area (Å²) >= 11 is 0. The molecule has 0 saturated carbocycles. The number of piperidine rings is 1. The van der Waals surface area contributed by atoms with Gasteiger partial charge in [-0.25, -0.2) is 0 Å². The van der Waals surface area contributed by atoms with E-state index < -0.39 is 0 Å². The number of nitrogens with two attached hydrogens (primary N) is 1. The number of nitrogens with zero attached hydrogens (tertiary/aromatic N) is 1. The van der Waals surface area contributed by atoms with Crippen LogP contribution < -0.4 is 5.73 Å². The summed E-state index contributed by atoms with van der Waals surface area (Å²) in [5, 5.41) is 0. The Balaban J connectivity index is 0. The molecule has 1 aliphatic heterocycles. The van der Waals surface area contributed by atoms with Crippen LogP contribution in [-0.4, -0.2) is 24.5 Å². The Bertz CT molecular complexity index is 137. The molecule has 1 fully saturated rings. The van der Waals surface area contributed by atoms with Crippen molar-refractivity contribution < 1.29 is 1.43 Å². The molecule has 0 aromatic rings.